The Morgan fingerprint density at radius 1 is 1.09 bits per heavy atom. The number of amides is 1. The van der Waals surface area contributed by atoms with E-state index >= 15 is 0 Å². The van der Waals surface area contributed by atoms with Crippen molar-refractivity contribution < 1.29 is 9.53 Å². The molecule has 0 unspecified atom stereocenters. The van der Waals surface area contributed by atoms with Crippen LogP contribution in [-0.4, -0.2) is 24.1 Å². The molecule has 1 N–H and O–H groups in total. The van der Waals surface area contributed by atoms with Crippen molar-refractivity contribution in [3.05, 3.63) is 66.0 Å². The van der Waals surface area contributed by atoms with Gasteiger partial charge in [0.25, 0.3) is 0 Å². The highest BCUT2D eigenvalue weighted by Crippen LogP contribution is 2.35. The third kappa shape index (κ3) is 3.02. The average molecular weight is 296 g/mol. The van der Waals surface area contributed by atoms with Crippen molar-refractivity contribution in [2.24, 2.45) is 0 Å². The molecule has 1 fully saturated rings. The molecule has 4 heteroatoms. The molecule has 1 aromatic heterocycles. The maximum absolute atomic E-state index is 12.9. The third-order valence-electron chi connectivity index (χ3n) is 4.31. The van der Waals surface area contributed by atoms with Gasteiger partial charge in [-0.05, 0) is 36.1 Å². The number of rotatable bonds is 4. The maximum atomic E-state index is 12.9. The first-order chi connectivity index (χ1) is 10.8. The molecule has 0 spiro atoms. The summed E-state index contributed by atoms with van der Waals surface area (Å²) in [6.07, 6.45) is 4.92. The summed E-state index contributed by atoms with van der Waals surface area (Å²) in [6.45, 7) is 1.77. The minimum atomic E-state index is -0.480. The first-order valence-corrected chi connectivity index (χ1v) is 7.62. The lowest BCUT2D eigenvalue weighted by molar-refractivity contribution is -0.130. The van der Waals surface area contributed by atoms with Crippen LogP contribution >= 0.6 is 0 Å². The Kier molecular flexibility index (Phi) is 4.49. The van der Waals surface area contributed by atoms with E-state index in [-0.39, 0.29) is 5.91 Å². The van der Waals surface area contributed by atoms with Crippen molar-refractivity contribution >= 4 is 5.91 Å². The normalized spacial score (nSPS) is 16.9. The van der Waals surface area contributed by atoms with E-state index in [9.17, 15) is 4.79 Å². The lowest BCUT2D eigenvalue weighted by Crippen LogP contribution is -2.47. The molecule has 1 amide bonds. The Labute approximate surface area is 130 Å². The molecular formula is C18H20N2O2. The topological polar surface area (TPSA) is 51.2 Å². The van der Waals surface area contributed by atoms with Gasteiger partial charge < -0.3 is 10.1 Å². The molecule has 0 aliphatic carbocycles. The molecule has 0 saturated carbocycles. The van der Waals surface area contributed by atoms with E-state index in [1.807, 2.05) is 42.5 Å². The number of pyridine rings is 1. The second-order valence-corrected chi connectivity index (χ2v) is 5.60. The predicted octanol–water partition coefficient (Wildman–Crippen LogP) is 2.45. The van der Waals surface area contributed by atoms with Gasteiger partial charge in [0.1, 0.15) is 0 Å². The zero-order valence-corrected chi connectivity index (χ0v) is 12.5. The average Bonchev–Trinajstić information content (AvgIpc) is 2.62. The van der Waals surface area contributed by atoms with Gasteiger partial charge in [0.05, 0.1) is 5.41 Å². The van der Waals surface area contributed by atoms with Gasteiger partial charge in [0, 0.05) is 32.2 Å². The summed E-state index contributed by atoms with van der Waals surface area (Å²) in [7, 11) is 0. The molecule has 0 atom stereocenters. The fraction of sp³-hybridized carbons (Fsp3) is 0.333. The first-order valence-electron chi connectivity index (χ1n) is 7.62. The Morgan fingerprint density at radius 3 is 2.45 bits per heavy atom. The number of nitrogens with zero attached hydrogens (tertiary/aromatic N) is 1. The molecule has 22 heavy (non-hydrogen) atoms. The molecule has 114 valence electrons. The minimum absolute atomic E-state index is 0.0822. The third-order valence-corrected chi connectivity index (χ3v) is 4.31. The molecule has 2 aromatic rings. The van der Waals surface area contributed by atoms with Crippen LogP contribution in [-0.2, 0) is 21.5 Å². The second-order valence-electron chi connectivity index (χ2n) is 5.60. The zero-order valence-electron chi connectivity index (χ0n) is 12.5. The Balaban J connectivity index is 1.79. The van der Waals surface area contributed by atoms with E-state index in [0.717, 1.165) is 24.0 Å². The Hall–Kier alpha value is -2.20. The lowest BCUT2D eigenvalue weighted by atomic mass is 9.73. The van der Waals surface area contributed by atoms with E-state index in [1.54, 1.807) is 12.4 Å². The maximum Gasteiger partial charge on any atom is 0.231 e. The van der Waals surface area contributed by atoms with Crippen LogP contribution in [0.2, 0.25) is 0 Å². The molecular weight excluding hydrogens is 276 g/mol. The van der Waals surface area contributed by atoms with Crippen molar-refractivity contribution in [1.82, 2.24) is 10.3 Å². The number of nitrogens with one attached hydrogen (secondary N) is 1. The van der Waals surface area contributed by atoms with Gasteiger partial charge in [-0.2, -0.15) is 0 Å². The van der Waals surface area contributed by atoms with E-state index in [4.69, 9.17) is 4.74 Å². The molecule has 1 saturated heterocycles. The van der Waals surface area contributed by atoms with Crippen LogP contribution in [0.3, 0.4) is 0 Å². The number of ether oxygens (including phenoxy) is 1. The van der Waals surface area contributed by atoms with E-state index in [0.29, 0.717) is 19.8 Å². The number of carbonyl (C=O) groups excluding carboxylic acids is 1. The van der Waals surface area contributed by atoms with Crippen LogP contribution in [0, 0.1) is 0 Å². The van der Waals surface area contributed by atoms with Crippen LogP contribution in [0.15, 0.2) is 54.9 Å². The van der Waals surface area contributed by atoms with Gasteiger partial charge in [-0.15, -0.1) is 0 Å². The highest BCUT2D eigenvalue weighted by Gasteiger charge is 2.41. The number of benzene rings is 1. The molecule has 1 aliphatic rings. The predicted molar refractivity (Wildman–Crippen MR) is 84.3 cm³/mol. The zero-order chi connectivity index (χ0) is 15.3. The molecule has 1 aliphatic heterocycles. The highest BCUT2D eigenvalue weighted by molar-refractivity contribution is 5.88. The smallest absolute Gasteiger partial charge is 0.231 e. The molecule has 4 nitrogen and oxygen atoms in total. The van der Waals surface area contributed by atoms with Crippen LogP contribution in [0.4, 0.5) is 0 Å². The summed E-state index contributed by atoms with van der Waals surface area (Å²) in [5, 5.41) is 3.09. The van der Waals surface area contributed by atoms with Crippen LogP contribution in [0.5, 0.6) is 0 Å². The SMILES string of the molecule is O=C(NCc1ccncc1)C1(c2ccccc2)CCOCC1. The fourth-order valence-electron chi connectivity index (χ4n) is 2.98. The molecule has 3 rings (SSSR count). The largest absolute Gasteiger partial charge is 0.381 e. The van der Waals surface area contributed by atoms with Crippen molar-refractivity contribution in [2.75, 3.05) is 13.2 Å². The monoisotopic (exact) mass is 296 g/mol. The Bertz CT molecular complexity index is 607. The summed E-state index contributed by atoms with van der Waals surface area (Å²) in [5.74, 6) is 0.0822. The van der Waals surface area contributed by atoms with Crippen molar-refractivity contribution in [3.8, 4) is 0 Å². The fourth-order valence-corrected chi connectivity index (χ4v) is 2.98. The van der Waals surface area contributed by atoms with Gasteiger partial charge in [-0.25, -0.2) is 0 Å². The molecule has 1 aromatic carbocycles. The van der Waals surface area contributed by atoms with Crippen LogP contribution < -0.4 is 5.32 Å². The minimum Gasteiger partial charge on any atom is -0.381 e. The summed E-state index contributed by atoms with van der Waals surface area (Å²) in [5.41, 5.74) is 1.65. The number of aromatic nitrogens is 1. The summed E-state index contributed by atoms with van der Waals surface area (Å²) >= 11 is 0. The Morgan fingerprint density at radius 2 is 1.77 bits per heavy atom. The van der Waals surface area contributed by atoms with Crippen LogP contribution in [0.1, 0.15) is 24.0 Å². The summed E-state index contributed by atoms with van der Waals surface area (Å²) in [6, 6.07) is 13.9. The van der Waals surface area contributed by atoms with Crippen molar-refractivity contribution in [3.63, 3.8) is 0 Å². The molecule has 0 bridgehead atoms. The second kappa shape index (κ2) is 6.71. The molecule has 2 heterocycles. The number of hydrogen-bond acceptors (Lipinski definition) is 3. The van der Waals surface area contributed by atoms with Gasteiger partial charge in [-0.1, -0.05) is 30.3 Å². The first kappa shape index (κ1) is 14.7. The summed E-state index contributed by atoms with van der Waals surface area (Å²) < 4.78 is 5.47. The van der Waals surface area contributed by atoms with E-state index < -0.39 is 5.41 Å². The van der Waals surface area contributed by atoms with Gasteiger partial charge in [0.15, 0.2) is 0 Å². The highest BCUT2D eigenvalue weighted by atomic mass is 16.5. The molecule has 0 radical (unpaired) electrons. The number of hydrogen-bond donors (Lipinski definition) is 1. The van der Waals surface area contributed by atoms with Crippen molar-refractivity contribution in [1.29, 1.82) is 0 Å². The lowest BCUT2D eigenvalue weighted by Gasteiger charge is -2.36. The van der Waals surface area contributed by atoms with Crippen LogP contribution in [0.25, 0.3) is 0 Å². The van der Waals surface area contributed by atoms with E-state index in [2.05, 4.69) is 10.3 Å². The van der Waals surface area contributed by atoms with Gasteiger partial charge in [-0.3, -0.25) is 9.78 Å². The van der Waals surface area contributed by atoms with Gasteiger partial charge in [0.2, 0.25) is 5.91 Å². The van der Waals surface area contributed by atoms with Gasteiger partial charge >= 0.3 is 0 Å². The van der Waals surface area contributed by atoms with Crippen molar-refractivity contribution in [2.45, 2.75) is 24.8 Å². The quantitative estimate of drug-likeness (QED) is 0.943. The summed E-state index contributed by atoms with van der Waals surface area (Å²) in [4.78, 5) is 16.9. The standard InChI is InChI=1S/C18H20N2O2/c21-17(20-14-15-6-10-19-11-7-15)18(8-12-22-13-9-18)16-4-2-1-3-5-16/h1-7,10-11H,8-9,12-14H2,(H,20,21). The van der Waals surface area contributed by atoms with E-state index in [1.165, 1.54) is 0 Å². The number of carbonyl (C=O) groups is 1.